The first kappa shape index (κ1) is 98.1. The molecule has 19 heteroatoms. The van der Waals surface area contributed by atoms with E-state index in [4.69, 9.17) is 37.0 Å². The van der Waals surface area contributed by atoms with Crippen molar-refractivity contribution in [2.45, 2.75) is 445 Å². The number of carbonyl (C=O) groups excluding carboxylic acids is 4. The minimum Gasteiger partial charge on any atom is -0.462 e. The summed E-state index contributed by atoms with van der Waals surface area (Å²) in [5, 5.41) is 10.6. The number of carbonyl (C=O) groups is 4. The molecule has 0 spiro atoms. The molecule has 0 aromatic heterocycles. The fourth-order valence-corrected chi connectivity index (χ4v) is 14.1. The van der Waals surface area contributed by atoms with E-state index in [-0.39, 0.29) is 25.7 Å². The number of unbranched alkanes of at least 4 members (excludes halogenated alkanes) is 49. The van der Waals surface area contributed by atoms with Crippen molar-refractivity contribution >= 4 is 39.5 Å². The SMILES string of the molecule is CCCCCCCCCCCCCCCCCCCCC(=O)OC[C@H](COP(=O)(O)OC[C@@H](O)COP(=O)(O)OC[C@@H](COC(=O)CCCCCCCCCC)OC(=O)CCCCCCCCCCCC(C)C)OC(=O)CCCCCCCCCCCCCCCCCCCCC(C)CC. The molecule has 3 unspecified atom stereocenters. The van der Waals surface area contributed by atoms with Crippen molar-refractivity contribution in [2.24, 2.45) is 11.8 Å². The zero-order chi connectivity index (χ0) is 73.5. The Labute approximate surface area is 613 Å². The molecule has 0 rings (SSSR count). The lowest BCUT2D eigenvalue weighted by molar-refractivity contribution is -0.161. The smallest absolute Gasteiger partial charge is 0.462 e. The third-order valence-electron chi connectivity index (χ3n) is 19.3. The Morgan fingerprint density at radius 2 is 0.510 bits per heavy atom. The van der Waals surface area contributed by atoms with E-state index in [0.717, 1.165) is 108 Å². The quantitative estimate of drug-likeness (QED) is 0.0222. The van der Waals surface area contributed by atoms with Crippen molar-refractivity contribution < 1.29 is 80.2 Å². The maximum atomic E-state index is 13.1. The van der Waals surface area contributed by atoms with Crippen molar-refractivity contribution in [3.63, 3.8) is 0 Å². The summed E-state index contributed by atoms with van der Waals surface area (Å²) in [7, 11) is -9.91. The lowest BCUT2D eigenvalue weighted by Crippen LogP contribution is -2.30. The van der Waals surface area contributed by atoms with Crippen LogP contribution in [0.5, 0.6) is 0 Å². The van der Waals surface area contributed by atoms with Gasteiger partial charge < -0.3 is 33.8 Å². The third kappa shape index (κ3) is 73.0. The number of aliphatic hydroxyl groups is 1. The predicted octanol–water partition coefficient (Wildman–Crippen LogP) is 24.3. The maximum Gasteiger partial charge on any atom is 0.472 e. The van der Waals surface area contributed by atoms with Crippen molar-refractivity contribution in [1.82, 2.24) is 0 Å². The first-order valence-electron chi connectivity index (χ1n) is 42.0. The monoisotopic (exact) mass is 1470 g/mol. The number of phosphoric acid groups is 2. The summed E-state index contributed by atoms with van der Waals surface area (Å²) in [6.07, 6.45) is 62.6. The fourth-order valence-electron chi connectivity index (χ4n) is 12.5. The number of phosphoric ester groups is 2. The molecule has 0 aromatic carbocycles. The average molecular weight is 1470 g/mol. The van der Waals surface area contributed by atoms with Gasteiger partial charge in [0.15, 0.2) is 12.2 Å². The maximum absolute atomic E-state index is 13.1. The number of esters is 4. The summed E-state index contributed by atoms with van der Waals surface area (Å²) < 4.78 is 68.6. The van der Waals surface area contributed by atoms with Crippen LogP contribution < -0.4 is 0 Å². The van der Waals surface area contributed by atoms with Gasteiger partial charge in [-0.15, -0.1) is 0 Å². The Morgan fingerprint density at radius 3 is 0.760 bits per heavy atom. The highest BCUT2D eigenvalue weighted by Gasteiger charge is 2.30. The molecule has 0 saturated carbocycles. The lowest BCUT2D eigenvalue weighted by Gasteiger charge is -2.21. The van der Waals surface area contributed by atoms with Crippen molar-refractivity contribution in [2.75, 3.05) is 39.6 Å². The molecule has 0 aliphatic rings. The van der Waals surface area contributed by atoms with E-state index >= 15 is 0 Å². The van der Waals surface area contributed by atoms with Gasteiger partial charge in [-0.3, -0.25) is 37.3 Å². The molecular formula is C81H158O17P2. The second-order valence-electron chi connectivity index (χ2n) is 29.9. The zero-order valence-electron chi connectivity index (χ0n) is 65.5. The molecule has 0 aliphatic heterocycles. The lowest BCUT2D eigenvalue weighted by atomic mass is 9.99. The standard InChI is InChI=1S/C81H158O17P2/c1-7-10-12-14-16-18-19-20-21-22-26-29-32-35-40-46-52-58-64-79(84)92-70-77(97-80(85)65-59-53-47-41-36-33-30-27-24-23-25-28-31-34-39-44-50-56-62-74(6)9-3)72-96-100(89,90)94-68-75(82)67-93-99(87,88)95-71-76(69-91-78(83)63-57-51-45-17-15-13-11-8-2)98-81(86)66-60-54-48-42-37-38-43-49-55-61-73(4)5/h73-77,82H,7-72H2,1-6H3,(H,87,88)(H,89,90)/t74?,75-,76+,77+/m0/s1. The van der Waals surface area contributed by atoms with Crippen LogP contribution in [0.15, 0.2) is 0 Å². The molecule has 100 heavy (non-hydrogen) atoms. The number of ether oxygens (including phenoxy) is 4. The van der Waals surface area contributed by atoms with Gasteiger partial charge in [0, 0.05) is 25.7 Å². The number of rotatable bonds is 80. The van der Waals surface area contributed by atoms with Gasteiger partial charge in [0.25, 0.3) is 0 Å². The molecule has 0 saturated heterocycles. The molecule has 17 nitrogen and oxygen atoms in total. The minimum atomic E-state index is -4.96. The fraction of sp³-hybridized carbons (Fsp3) is 0.951. The van der Waals surface area contributed by atoms with Gasteiger partial charge in [-0.25, -0.2) is 9.13 Å². The first-order valence-corrected chi connectivity index (χ1v) is 45.0. The van der Waals surface area contributed by atoms with E-state index in [1.54, 1.807) is 0 Å². The summed E-state index contributed by atoms with van der Waals surface area (Å²) in [5.74, 6) is -0.505. The molecule has 0 amide bonds. The van der Waals surface area contributed by atoms with Gasteiger partial charge >= 0.3 is 39.5 Å². The Hall–Kier alpha value is -1.94. The summed E-state index contributed by atoms with van der Waals surface area (Å²) in [6, 6.07) is 0. The number of hydrogen-bond acceptors (Lipinski definition) is 15. The van der Waals surface area contributed by atoms with E-state index in [9.17, 15) is 43.2 Å². The molecule has 0 bridgehead atoms. The van der Waals surface area contributed by atoms with Crippen LogP contribution in [0.25, 0.3) is 0 Å². The average Bonchev–Trinajstić information content (AvgIpc) is 0.915. The highest BCUT2D eigenvalue weighted by Crippen LogP contribution is 2.45. The minimum absolute atomic E-state index is 0.105. The molecular weight excluding hydrogens is 1310 g/mol. The summed E-state index contributed by atoms with van der Waals surface area (Å²) in [4.78, 5) is 72.9. The number of aliphatic hydroxyl groups excluding tert-OH is 1. The normalized spacial score (nSPS) is 14.2. The van der Waals surface area contributed by atoms with Crippen LogP contribution in [0.2, 0.25) is 0 Å². The van der Waals surface area contributed by atoms with Gasteiger partial charge in [0.1, 0.15) is 19.3 Å². The molecule has 0 aliphatic carbocycles. The van der Waals surface area contributed by atoms with Crippen LogP contribution in [0.1, 0.15) is 427 Å². The highest BCUT2D eigenvalue weighted by molar-refractivity contribution is 7.47. The third-order valence-corrected chi connectivity index (χ3v) is 21.2. The van der Waals surface area contributed by atoms with Crippen LogP contribution in [0.4, 0.5) is 0 Å². The summed E-state index contributed by atoms with van der Waals surface area (Å²) in [5.41, 5.74) is 0. The van der Waals surface area contributed by atoms with Gasteiger partial charge in [-0.05, 0) is 37.5 Å². The molecule has 0 fully saturated rings. The molecule has 0 aromatic rings. The second kappa shape index (κ2) is 72.6. The van der Waals surface area contributed by atoms with Crippen molar-refractivity contribution in [3.8, 4) is 0 Å². The Kier molecular flexibility index (Phi) is 71.2. The number of hydrogen-bond donors (Lipinski definition) is 3. The van der Waals surface area contributed by atoms with Crippen LogP contribution >= 0.6 is 15.6 Å². The molecule has 3 N–H and O–H groups in total. The largest absolute Gasteiger partial charge is 0.472 e. The van der Waals surface area contributed by atoms with E-state index in [0.29, 0.717) is 25.7 Å². The molecule has 0 heterocycles. The Morgan fingerprint density at radius 1 is 0.290 bits per heavy atom. The topological polar surface area (TPSA) is 237 Å². The predicted molar refractivity (Wildman–Crippen MR) is 409 cm³/mol. The van der Waals surface area contributed by atoms with Gasteiger partial charge in [0.05, 0.1) is 26.4 Å². The van der Waals surface area contributed by atoms with Crippen LogP contribution in [0, 0.1) is 11.8 Å². The van der Waals surface area contributed by atoms with E-state index in [1.165, 1.54) is 238 Å². The van der Waals surface area contributed by atoms with Gasteiger partial charge in [-0.2, -0.15) is 0 Å². The van der Waals surface area contributed by atoms with Crippen LogP contribution in [-0.4, -0.2) is 96.7 Å². The van der Waals surface area contributed by atoms with Crippen LogP contribution in [-0.2, 0) is 65.4 Å². The Balaban J connectivity index is 5.18. The van der Waals surface area contributed by atoms with Crippen molar-refractivity contribution in [3.05, 3.63) is 0 Å². The van der Waals surface area contributed by atoms with Crippen molar-refractivity contribution in [1.29, 1.82) is 0 Å². The van der Waals surface area contributed by atoms with Gasteiger partial charge in [-0.1, -0.05) is 375 Å². The Bertz CT molecular complexity index is 1930. The van der Waals surface area contributed by atoms with Gasteiger partial charge in [0.2, 0.25) is 0 Å². The zero-order valence-corrected chi connectivity index (χ0v) is 67.3. The summed E-state index contributed by atoms with van der Waals surface area (Å²) >= 11 is 0. The molecule has 0 radical (unpaired) electrons. The second-order valence-corrected chi connectivity index (χ2v) is 32.8. The first-order chi connectivity index (χ1) is 48.4. The molecule has 594 valence electrons. The highest BCUT2D eigenvalue weighted by atomic mass is 31.2. The molecule has 6 atom stereocenters. The van der Waals surface area contributed by atoms with E-state index in [2.05, 4.69) is 41.5 Å². The van der Waals surface area contributed by atoms with E-state index < -0.39 is 97.5 Å². The van der Waals surface area contributed by atoms with E-state index in [1.807, 2.05) is 0 Å². The summed E-state index contributed by atoms with van der Waals surface area (Å²) in [6.45, 7) is 9.64. The van der Waals surface area contributed by atoms with Crippen LogP contribution in [0.3, 0.4) is 0 Å².